The van der Waals surface area contributed by atoms with Gasteiger partial charge in [-0.25, -0.2) is 0 Å². The maximum Gasteiger partial charge on any atom is 0.277 e. The molecule has 4 nitrogen and oxygen atoms in total. The van der Waals surface area contributed by atoms with E-state index in [1.165, 1.54) is 6.92 Å². The van der Waals surface area contributed by atoms with Crippen molar-refractivity contribution in [2.45, 2.75) is 46.2 Å². The molecule has 0 aromatic heterocycles. The van der Waals surface area contributed by atoms with E-state index in [1.807, 2.05) is 20.8 Å². The lowest BCUT2D eigenvalue weighted by molar-refractivity contribution is -0.350. The van der Waals surface area contributed by atoms with Gasteiger partial charge in [0.2, 0.25) is 0 Å². The first-order chi connectivity index (χ1) is 6.27. The molecule has 1 unspecified atom stereocenters. The number of hydrogen-bond donors (Lipinski definition) is 1. The molecule has 0 amide bonds. The zero-order valence-electron chi connectivity index (χ0n) is 9.79. The average Bonchev–Trinajstić information content (AvgIpc) is 1.96. The minimum atomic E-state index is -1.50. The molecule has 1 N–H and O–H groups in total. The van der Waals surface area contributed by atoms with Gasteiger partial charge in [-0.15, -0.1) is 0 Å². The van der Waals surface area contributed by atoms with Gasteiger partial charge in [0.25, 0.3) is 5.97 Å². The van der Waals surface area contributed by atoms with Crippen molar-refractivity contribution >= 4 is 0 Å². The van der Waals surface area contributed by atoms with Gasteiger partial charge in [0.1, 0.15) is 0 Å². The molecule has 0 aromatic carbocycles. The first-order valence-corrected chi connectivity index (χ1v) is 4.91. The van der Waals surface area contributed by atoms with E-state index in [0.717, 1.165) is 0 Å². The molecule has 0 saturated heterocycles. The molecule has 0 aliphatic heterocycles. The summed E-state index contributed by atoms with van der Waals surface area (Å²) >= 11 is 0. The van der Waals surface area contributed by atoms with Gasteiger partial charge in [-0.2, -0.15) is 0 Å². The Morgan fingerprint density at radius 3 is 1.86 bits per heavy atom. The summed E-state index contributed by atoms with van der Waals surface area (Å²) in [6.45, 7) is 10.3. The summed E-state index contributed by atoms with van der Waals surface area (Å²) in [5, 5.41) is 9.44. The van der Waals surface area contributed by atoms with Crippen LogP contribution in [0.4, 0.5) is 0 Å². The molecule has 0 spiro atoms. The van der Waals surface area contributed by atoms with E-state index in [0.29, 0.717) is 19.8 Å². The maximum atomic E-state index is 9.44. The van der Waals surface area contributed by atoms with Crippen LogP contribution in [-0.2, 0) is 14.2 Å². The minimum absolute atomic E-state index is 0.180. The molecular weight excluding hydrogens is 184 g/mol. The van der Waals surface area contributed by atoms with Crippen LogP contribution in [-0.4, -0.2) is 36.5 Å². The molecule has 0 heterocycles. The van der Waals surface area contributed by atoms with E-state index >= 15 is 0 Å². The van der Waals surface area contributed by atoms with E-state index in [9.17, 15) is 5.11 Å². The van der Waals surface area contributed by atoms with Crippen molar-refractivity contribution in [3.8, 4) is 0 Å². The Balaban J connectivity index is 3.54. The largest absolute Gasteiger partial charge is 0.373 e. The summed E-state index contributed by atoms with van der Waals surface area (Å²) in [6, 6.07) is 0. The molecule has 0 aliphatic rings. The molecule has 0 aliphatic carbocycles. The minimum Gasteiger partial charge on any atom is -0.373 e. The van der Waals surface area contributed by atoms with Crippen molar-refractivity contribution in [3.05, 3.63) is 0 Å². The van der Waals surface area contributed by atoms with Crippen molar-refractivity contribution in [2.75, 3.05) is 19.8 Å². The highest BCUT2D eigenvalue weighted by Gasteiger charge is 2.21. The zero-order valence-corrected chi connectivity index (χ0v) is 9.79. The highest BCUT2D eigenvalue weighted by atomic mass is 16.8. The van der Waals surface area contributed by atoms with Crippen LogP contribution < -0.4 is 0 Å². The third-order valence-electron chi connectivity index (χ3n) is 1.40. The number of hydrogen-bond acceptors (Lipinski definition) is 4. The third kappa shape index (κ3) is 8.44. The van der Waals surface area contributed by atoms with Crippen LogP contribution in [0.2, 0.25) is 0 Å². The monoisotopic (exact) mass is 206 g/mol. The fourth-order valence-corrected chi connectivity index (χ4v) is 0.888. The molecule has 0 saturated carbocycles. The summed E-state index contributed by atoms with van der Waals surface area (Å²) in [5.41, 5.74) is -0.180. The molecule has 1 atom stereocenters. The quantitative estimate of drug-likeness (QED) is 0.529. The molecule has 0 radical (unpaired) electrons. The second-order valence-corrected chi connectivity index (χ2v) is 4.14. The summed E-state index contributed by atoms with van der Waals surface area (Å²) in [7, 11) is 0. The highest BCUT2D eigenvalue weighted by Crippen LogP contribution is 2.09. The Morgan fingerprint density at radius 1 is 0.929 bits per heavy atom. The summed E-state index contributed by atoms with van der Waals surface area (Å²) in [5.74, 6) is -1.50. The molecule has 0 rings (SSSR count). The Morgan fingerprint density at radius 2 is 1.43 bits per heavy atom. The van der Waals surface area contributed by atoms with E-state index in [2.05, 4.69) is 0 Å². The second kappa shape index (κ2) is 5.66. The van der Waals surface area contributed by atoms with Crippen LogP contribution in [0.25, 0.3) is 0 Å². The van der Waals surface area contributed by atoms with E-state index in [1.54, 1.807) is 6.92 Å². The molecule has 0 bridgehead atoms. The van der Waals surface area contributed by atoms with Crippen LogP contribution in [0.3, 0.4) is 0 Å². The van der Waals surface area contributed by atoms with Crippen LogP contribution >= 0.6 is 0 Å². The third-order valence-corrected chi connectivity index (χ3v) is 1.40. The smallest absolute Gasteiger partial charge is 0.277 e. The molecule has 0 fully saturated rings. The van der Waals surface area contributed by atoms with Crippen molar-refractivity contribution in [3.63, 3.8) is 0 Å². The van der Waals surface area contributed by atoms with Crippen LogP contribution in [0, 0.1) is 0 Å². The summed E-state index contributed by atoms with van der Waals surface area (Å²) in [6.07, 6.45) is 0. The Labute approximate surface area is 86.2 Å². The fraction of sp³-hybridized carbons (Fsp3) is 1.00. The maximum absolute atomic E-state index is 9.44. The predicted molar refractivity (Wildman–Crippen MR) is 53.9 cm³/mol. The van der Waals surface area contributed by atoms with Gasteiger partial charge in [-0.3, -0.25) is 0 Å². The number of aliphatic hydroxyl groups is 1. The molecule has 86 valence electrons. The SMILES string of the molecule is CCOC(C)(O)OCCOC(C)(C)C. The average molecular weight is 206 g/mol. The van der Waals surface area contributed by atoms with Crippen LogP contribution in [0.5, 0.6) is 0 Å². The normalized spacial score (nSPS) is 16.7. The highest BCUT2D eigenvalue weighted by molar-refractivity contribution is 4.58. The van der Waals surface area contributed by atoms with E-state index in [4.69, 9.17) is 14.2 Å². The zero-order chi connectivity index (χ0) is 11.2. The topological polar surface area (TPSA) is 47.9 Å². The summed E-state index contributed by atoms with van der Waals surface area (Å²) in [4.78, 5) is 0. The van der Waals surface area contributed by atoms with E-state index < -0.39 is 5.97 Å². The van der Waals surface area contributed by atoms with Crippen LogP contribution in [0.15, 0.2) is 0 Å². The molecule has 0 aromatic rings. The van der Waals surface area contributed by atoms with Gasteiger partial charge in [0, 0.05) is 13.5 Å². The lowest BCUT2D eigenvalue weighted by Crippen LogP contribution is -2.34. The van der Waals surface area contributed by atoms with Crippen molar-refractivity contribution < 1.29 is 19.3 Å². The first kappa shape index (κ1) is 13.8. The predicted octanol–water partition coefficient (Wildman–Crippen LogP) is 1.52. The Hall–Kier alpha value is -0.160. The lowest BCUT2D eigenvalue weighted by atomic mass is 10.2. The number of rotatable bonds is 6. The molecule has 14 heavy (non-hydrogen) atoms. The fourth-order valence-electron chi connectivity index (χ4n) is 0.888. The Bertz CT molecular complexity index is 149. The number of ether oxygens (including phenoxy) is 3. The standard InChI is InChI=1S/C10H22O4/c1-6-12-10(5,11)14-8-7-13-9(2,3)4/h11H,6-8H2,1-5H3. The molecule has 4 heteroatoms. The van der Waals surface area contributed by atoms with Gasteiger partial charge in [0.05, 0.1) is 18.8 Å². The second-order valence-electron chi connectivity index (χ2n) is 4.14. The lowest BCUT2D eigenvalue weighted by Gasteiger charge is -2.24. The van der Waals surface area contributed by atoms with E-state index in [-0.39, 0.29) is 5.60 Å². The van der Waals surface area contributed by atoms with Gasteiger partial charge < -0.3 is 19.3 Å². The van der Waals surface area contributed by atoms with Gasteiger partial charge in [0.15, 0.2) is 0 Å². The van der Waals surface area contributed by atoms with Crippen molar-refractivity contribution in [1.29, 1.82) is 0 Å². The van der Waals surface area contributed by atoms with Crippen LogP contribution in [0.1, 0.15) is 34.6 Å². The van der Waals surface area contributed by atoms with Crippen molar-refractivity contribution in [1.82, 2.24) is 0 Å². The first-order valence-electron chi connectivity index (χ1n) is 4.91. The van der Waals surface area contributed by atoms with Gasteiger partial charge in [-0.1, -0.05) is 0 Å². The summed E-state index contributed by atoms with van der Waals surface area (Å²) < 4.78 is 15.4. The Kier molecular flexibility index (Phi) is 5.59. The van der Waals surface area contributed by atoms with Crippen molar-refractivity contribution in [2.24, 2.45) is 0 Å². The van der Waals surface area contributed by atoms with Gasteiger partial charge >= 0.3 is 0 Å². The molecular formula is C10H22O4. The van der Waals surface area contributed by atoms with Gasteiger partial charge in [-0.05, 0) is 27.7 Å².